The van der Waals surface area contributed by atoms with E-state index in [9.17, 15) is 4.79 Å². The van der Waals surface area contributed by atoms with Crippen molar-refractivity contribution in [1.29, 1.82) is 0 Å². The van der Waals surface area contributed by atoms with E-state index in [1.165, 1.54) is 11.3 Å². The quantitative estimate of drug-likeness (QED) is 0.453. The summed E-state index contributed by atoms with van der Waals surface area (Å²) in [5.74, 6) is 0.748. The first-order valence-electron chi connectivity index (χ1n) is 9.74. The van der Waals surface area contributed by atoms with Gasteiger partial charge in [-0.25, -0.2) is 4.98 Å². The highest BCUT2D eigenvalue weighted by atomic mass is 32.1. The van der Waals surface area contributed by atoms with Gasteiger partial charge in [0.05, 0.1) is 25.3 Å². The lowest BCUT2D eigenvalue weighted by atomic mass is 10.1. The first kappa shape index (κ1) is 19.8. The highest BCUT2D eigenvalue weighted by molar-refractivity contribution is 7.13. The molecule has 4 aromatic rings. The second kappa shape index (κ2) is 9.37. The molecule has 30 heavy (non-hydrogen) atoms. The molecule has 2 aromatic carbocycles. The molecule has 0 aliphatic carbocycles. The van der Waals surface area contributed by atoms with E-state index in [4.69, 9.17) is 4.74 Å². The normalized spacial score (nSPS) is 10.7. The average Bonchev–Trinajstić information content (AvgIpc) is 3.43. The lowest BCUT2D eigenvalue weighted by molar-refractivity contribution is -0.115. The second-order valence-corrected chi connectivity index (χ2v) is 7.55. The lowest BCUT2D eigenvalue weighted by Crippen LogP contribution is -2.16. The zero-order chi connectivity index (χ0) is 20.8. The van der Waals surface area contributed by atoms with Crippen LogP contribution < -0.4 is 10.1 Å². The van der Waals surface area contributed by atoms with E-state index < -0.39 is 0 Å². The predicted molar refractivity (Wildman–Crippen MR) is 119 cm³/mol. The van der Waals surface area contributed by atoms with E-state index in [0.29, 0.717) is 13.2 Å². The smallest absolute Gasteiger partial charge is 0.230 e. The number of para-hydroxylation sites is 1. The fourth-order valence-electron chi connectivity index (χ4n) is 3.09. The summed E-state index contributed by atoms with van der Waals surface area (Å²) < 4.78 is 7.31. The summed E-state index contributed by atoms with van der Waals surface area (Å²) in [7, 11) is 0. The number of rotatable bonds is 8. The molecule has 0 fully saturated rings. The van der Waals surface area contributed by atoms with E-state index in [0.717, 1.165) is 33.3 Å². The highest BCUT2D eigenvalue weighted by Crippen LogP contribution is 2.26. The third-order valence-corrected chi connectivity index (χ3v) is 5.43. The summed E-state index contributed by atoms with van der Waals surface area (Å²) in [6, 6.07) is 17.5. The van der Waals surface area contributed by atoms with E-state index in [2.05, 4.69) is 15.4 Å². The summed E-state index contributed by atoms with van der Waals surface area (Å²) in [5.41, 5.74) is 3.56. The van der Waals surface area contributed by atoms with Crippen LogP contribution in [-0.2, 0) is 17.8 Å². The Kier molecular flexibility index (Phi) is 6.20. The van der Waals surface area contributed by atoms with Crippen molar-refractivity contribution in [3.05, 3.63) is 83.6 Å². The number of anilines is 1. The molecule has 152 valence electrons. The number of nitrogens with one attached hydrogen (secondary N) is 1. The lowest BCUT2D eigenvalue weighted by Gasteiger charge is -2.11. The Labute approximate surface area is 179 Å². The largest absolute Gasteiger partial charge is 0.494 e. The number of carbonyl (C=O) groups excluding carboxylic acids is 1. The number of hydrogen-bond donors (Lipinski definition) is 1. The summed E-state index contributed by atoms with van der Waals surface area (Å²) in [6.45, 7) is 3.20. The van der Waals surface area contributed by atoms with E-state index in [-0.39, 0.29) is 12.3 Å². The minimum atomic E-state index is -0.0912. The molecule has 0 aliphatic heterocycles. The molecule has 0 atom stereocenters. The third kappa shape index (κ3) is 4.93. The zero-order valence-electron chi connectivity index (χ0n) is 16.6. The van der Waals surface area contributed by atoms with Gasteiger partial charge in [0.15, 0.2) is 0 Å². The molecule has 0 aliphatic rings. The molecule has 1 amide bonds. The Balaban J connectivity index is 1.40. The van der Waals surface area contributed by atoms with Crippen molar-refractivity contribution in [2.45, 2.75) is 19.9 Å². The molecule has 2 aromatic heterocycles. The van der Waals surface area contributed by atoms with Gasteiger partial charge in [-0.15, -0.1) is 11.3 Å². The summed E-state index contributed by atoms with van der Waals surface area (Å²) in [6.07, 6.45) is 3.87. The van der Waals surface area contributed by atoms with Gasteiger partial charge in [0.1, 0.15) is 10.8 Å². The zero-order valence-corrected chi connectivity index (χ0v) is 17.4. The van der Waals surface area contributed by atoms with E-state index >= 15 is 0 Å². The molecular weight excluding hydrogens is 396 g/mol. The molecular formula is C23H22N4O2S. The fourth-order valence-corrected chi connectivity index (χ4v) is 3.91. The molecule has 1 N–H and O–H groups in total. The first-order chi connectivity index (χ1) is 14.7. The summed E-state index contributed by atoms with van der Waals surface area (Å²) in [5, 5.41) is 10.1. The number of benzene rings is 2. The summed E-state index contributed by atoms with van der Waals surface area (Å²) in [4.78, 5) is 17.2. The van der Waals surface area contributed by atoms with Gasteiger partial charge in [-0.3, -0.25) is 9.48 Å². The van der Waals surface area contributed by atoms with Gasteiger partial charge in [0.25, 0.3) is 0 Å². The average molecular weight is 419 g/mol. The first-order valence-corrected chi connectivity index (χ1v) is 10.6. The maximum atomic E-state index is 12.6. The number of amides is 1. The maximum Gasteiger partial charge on any atom is 0.230 e. The molecule has 0 bridgehead atoms. The van der Waals surface area contributed by atoms with Crippen molar-refractivity contribution in [3.63, 3.8) is 0 Å². The standard InChI is InChI=1S/C23H22N4O2S/c1-2-29-20-10-8-17(9-11-20)23-25-19(16-30-23)14-22(28)26-21-7-4-3-6-18(21)15-27-13-5-12-24-27/h3-13,16H,2,14-15H2,1H3,(H,26,28). The van der Waals surface area contributed by atoms with Crippen LogP contribution in [0.1, 0.15) is 18.2 Å². The number of nitrogens with zero attached hydrogens (tertiary/aromatic N) is 3. The van der Waals surface area contributed by atoms with Crippen LogP contribution in [0.2, 0.25) is 0 Å². The van der Waals surface area contributed by atoms with E-state index in [1.54, 1.807) is 6.20 Å². The fraction of sp³-hybridized carbons (Fsp3) is 0.174. The molecule has 2 heterocycles. The monoisotopic (exact) mass is 418 g/mol. The van der Waals surface area contributed by atoms with Gasteiger partial charge < -0.3 is 10.1 Å². The molecule has 0 unspecified atom stereocenters. The Bertz CT molecular complexity index is 1100. The number of ether oxygens (including phenoxy) is 1. The molecule has 0 spiro atoms. The number of hydrogen-bond acceptors (Lipinski definition) is 5. The van der Waals surface area contributed by atoms with E-state index in [1.807, 2.05) is 77.8 Å². The van der Waals surface area contributed by atoms with Gasteiger partial charge in [-0.2, -0.15) is 5.10 Å². The van der Waals surface area contributed by atoms with Crippen LogP contribution in [0.15, 0.2) is 72.4 Å². The minimum absolute atomic E-state index is 0.0912. The molecule has 4 rings (SSSR count). The van der Waals surface area contributed by atoms with Crippen LogP contribution in [0.25, 0.3) is 10.6 Å². The van der Waals surface area contributed by atoms with Crippen molar-refractivity contribution in [3.8, 4) is 16.3 Å². The Morgan fingerprint density at radius 1 is 1.13 bits per heavy atom. The van der Waals surface area contributed by atoms with Crippen molar-refractivity contribution in [2.24, 2.45) is 0 Å². The number of aromatic nitrogens is 3. The summed E-state index contributed by atoms with van der Waals surface area (Å²) >= 11 is 1.53. The minimum Gasteiger partial charge on any atom is -0.494 e. The van der Waals surface area contributed by atoms with Crippen LogP contribution in [0.3, 0.4) is 0 Å². The predicted octanol–water partition coefficient (Wildman–Crippen LogP) is 4.63. The van der Waals surface area contributed by atoms with Crippen molar-refractivity contribution in [1.82, 2.24) is 14.8 Å². The van der Waals surface area contributed by atoms with Crippen molar-refractivity contribution >= 4 is 22.9 Å². The SMILES string of the molecule is CCOc1ccc(-c2nc(CC(=O)Nc3ccccc3Cn3cccn3)cs2)cc1. The van der Waals surface area contributed by atoms with Gasteiger partial charge in [0.2, 0.25) is 5.91 Å². The topological polar surface area (TPSA) is 69.0 Å². The third-order valence-electron chi connectivity index (χ3n) is 4.49. The molecule has 0 saturated carbocycles. The van der Waals surface area contributed by atoms with Crippen LogP contribution in [0, 0.1) is 0 Å². The second-order valence-electron chi connectivity index (χ2n) is 6.69. The van der Waals surface area contributed by atoms with Gasteiger partial charge >= 0.3 is 0 Å². The Hall–Kier alpha value is -3.45. The van der Waals surface area contributed by atoms with Crippen molar-refractivity contribution < 1.29 is 9.53 Å². The molecule has 0 radical (unpaired) electrons. The van der Waals surface area contributed by atoms with Crippen LogP contribution in [0.5, 0.6) is 5.75 Å². The number of carbonyl (C=O) groups is 1. The molecule has 6 nitrogen and oxygen atoms in total. The van der Waals surface area contributed by atoms with Crippen LogP contribution in [-0.4, -0.2) is 27.3 Å². The molecule has 7 heteroatoms. The molecule has 0 saturated heterocycles. The van der Waals surface area contributed by atoms with Crippen molar-refractivity contribution in [2.75, 3.05) is 11.9 Å². The van der Waals surface area contributed by atoms with Gasteiger partial charge in [-0.05, 0) is 48.9 Å². The van der Waals surface area contributed by atoms with Crippen LogP contribution in [0.4, 0.5) is 5.69 Å². The van der Waals surface area contributed by atoms with Gasteiger partial charge in [-0.1, -0.05) is 18.2 Å². The van der Waals surface area contributed by atoms with Crippen LogP contribution >= 0.6 is 11.3 Å². The van der Waals surface area contributed by atoms with Gasteiger partial charge in [0, 0.05) is 29.0 Å². The Morgan fingerprint density at radius 2 is 1.97 bits per heavy atom. The maximum absolute atomic E-state index is 12.6. The highest BCUT2D eigenvalue weighted by Gasteiger charge is 2.11. The number of thiazole rings is 1. The Morgan fingerprint density at radius 3 is 2.73 bits per heavy atom.